The third-order valence-corrected chi connectivity index (χ3v) is 2.23. The number of ether oxygens (including phenoxy) is 1. The predicted octanol–water partition coefficient (Wildman–Crippen LogP) is 1.25. The van der Waals surface area contributed by atoms with Crippen molar-refractivity contribution in [2.75, 3.05) is 32.8 Å². The zero-order valence-electron chi connectivity index (χ0n) is 10.9. The quantitative estimate of drug-likeness (QED) is 0.606. The fourth-order valence-corrected chi connectivity index (χ4v) is 1.50. The molecule has 0 heterocycles. The smallest absolute Gasteiger partial charge is 0.224 e. The van der Waals surface area contributed by atoms with E-state index in [2.05, 4.69) is 13.8 Å². The summed E-state index contributed by atoms with van der Waals surface area (Å²) in [6, 6.07) is 0. The molecule has 4 nitrogen and oxygen atoms in total. The molecule has 0 unspecified atom stereocenters. The maximum absolute atomic E-state index is 11.9. The molecule has 0 aromatic carbocycles. The normalized spacial score (nSPS) is 10.8. The highest BCUT2D eigenvalue weighted by molar-refractivity contribution is 5.76. The molecule has 0 spiro atoms. The predicted molar refractivity (Wildman–Crippen MR) is 66.2 cm³/mol. The van der Waals surface area contributed by atoms with Gasteiger partial charge >= 0.3 is 0 Å². The first-order chi connectivity index (χ1) is 7.61. The molecule has 0 atom stereocenters. The lowest BCUT2D eigenvalue weighted by Crippen LogP contribution is -2.36. The summed E-state index contributed by atoms with van der Waals surface area (Å²) >= 11 is 0. The van der Waals surface area contributed by atoms with Gasteiger partial charge in [0.25, 0.3) is 0 Å². The highest BCUT2D eigenvalue weighted by atomic mass is 16.5. The molecule has 4 heteroatoms. The van der Waals surface area contributed by atoms with Gasteiger partial charge in [0.2, 0.25) is 5.91 Å². The van der Waals surface area contributed by atoms with E-state index >= 15 is 0 Å². The van der Waals surface area contributed by atoms with Gasteiger partial charge in [0.1, 0.15) is 0 Å². The highest BCUT2D eigenvalue weighted by Crippen LogP contribution is 2.03. The fourth-order valence-electron chi connectivity index (χ4n) is 1.50. The van der Waals surface area contributed by atoms with Crippen molar-refractivity contribution in [1.29, 1.82) is 0 Å². The molecule has 0 rings (SSSR count). The zero-order chi connectivity index (χ0) is 12.4. The second-order valence-electron chi connectivity index (χ2n) is 4.32. The van der Waals surface area contributed by atoms with Gasteiger partial charge in [0.05, 0.1) is 13.0 Å². The van der Waals surface area contributed by atoms with Crippen LogP contribution in [-0.2, 0) is 9.53 Å². The van der Waals surface area contributed by atoms with E-state index in [1.54, 1.807) is 0 Å². The Kier molecular flexibility index (Phi) is 9.24. The van der Waals surface area contributed by atoms with Crippen LogP contribution in [0.1, 0.15) is 33.6 Å². The first-order valence-electron chi connectivity index (χ1n) is 6.17. The Morgan fingerprint density at radius 3 is 2.62 bits per heavy atom. The van der Waals surface area contributed by atoms with E-state index in [4.69, 9.17) is 10.5 Å². The van der Waals surface area contributed by atoms with E-state index in [1.807, 2.05) is 11.8 Å². The average Bonchev–Trinajstić information content (AvgIpc) is 2.23. The van der Waals surface area contributed by atoms with Gasteiger partial charge in [0, 0.05) is 19.7 Å². The molecule has 0 radical (unpaired) electrons. The van der Waals surface area contributed by atoms with Crippen molar-refractivity contribution in [1.82, 2.24) is 4.90 Å². The van der Waals surface area contributed by atoms with Gasteiger partial charge in [-0.2, -0.15) is 0 Å². The van der Waals surface area contributed by atoms with Crippen LogP contribution in [0.2, 0.25) is 0 Å². The number of carbonyl (C=O) groups is 1. The van der Waals surface area contributed by atoms with Crippen LogP contribution >= 0.6 is 0 Å². The summed E-state index contributed by atoms with van der Waals surface area (Å²) in [7, 11) is 0. The van der Waals surface area contributed by atoms with Crippen molar-refractivity contribution in [2.45, 2.75) is 33.6 Å². The SMILES string of the molecule is CCOCCC(=O)N(CCCN)CC(C)C. The molecular formula is C12H26N2O2. The summed E-state index contributed by atoms with van der Waals surface area (Å²) in [6.07, 6.45) is 1.35. The van der Waals surface area contributed by atoms with Gasteiger partial charge in [-0.15, -0.1) is 0 Å². The van der Waals surface area contributed by atoms with E-state index in [0.717, 1.165) is 19.5 Å². The van der Waals surface area contributed by atoms with Crippen LogP contribution in [0.4, 0.5) is 0 Å². The van der Waals surface area contributed by atoms with Crippen LogP contribution in [0, 0.1) is 5.92 Å². The minimum atomic E-state index is 0.176. The number of carbonyl (C=O) groups excluding carboxylic acids is 1. The molecule has 0 saturated heterocycles. The maximum atomic E-state index is 11.9. The zero-order valence-corrected chi connectivity index (χ0v) is 10.9. The molecule has 0 aromatic heterocycles. The Labute approximate surface area is 99.1 Å². The summed E-state index contributed by atoms with van der Waals surface area (Å²) in [4.78, 5) is 13.8. The Morgan fingerprint density at radius 2 is 2.12 bits per heavy atom. The summed E-state index contributed by atoms with van der Waals surface area (Å²) < 4.78 is 5.19. The third-order valence-electron chi connectivity index (χ3n) is 2.23. The lowest BCUT2D eigenvalue weighted by Gasteiger charge is -2.24. The van der Waals surface area contributed by atoms with Gasteiger partial charge in [-0.05, 0) is 25.8 Å². The second-order valence-corrected chi connectivity index (χ2v) is 4.32. The number of hydrogen-bond donors (Lipinski definition) is 1. The van der Waals surface area contributed by atoms with E-state index in [1.165, 1.54) is 0 Å². The molecule has 2 N–H and O–H groups in total. The molecule has 1 amide bonds. The van der Waals surface area contributed by atoms with Gasteiger partial charge < -0.3 is 15.4 Å². The van der Waals surface area contributed by atoms with Crippen LogP contribution in [0.25, 0.3) is 0 Å². The molecule has 0 saturated carbocycles. The van der Waals surface area contributed by atoms with E-state index in [-0.39, 0.29) is 5.91 Å². The minimum absolute atomic E-state index is 0.176. The summed E-state index contributed by atoms with van der Waals surface area (Å²) in [5, 5.41) is 0. The lowest BCUT2D eigenvalue weighted by molar-refractivity contribution is -0.132. The van der Waals surface area contributed by atoms with Crippen LogP contribution in [-0.4, -0.2) is 43.7 Å². The van der Waals surface area contributed by atoms with Crippen molar-refractivity contribution in [3.8, 4) is 0 Å². The van der Waals surface area contributed by atoms with Crippen LogP contribution in [0.3, 0.4) is 0 Å². The summed E-state index contributed by atoms with van der Waals surface area (Å²) in [6.45, 7) is 9.56. The van der Waals surface area contributed by atoms with Crippen molar-refractivity contribution in [2.24, 2.45) is 11.7 Å². The Hall–Kier alpha value is -0.610. The molecular weight excluding hydrogens is 204 g/mol. The Morgan fingerprint density at radius 1 is 1.44 bits per heavy atom. The van der Waals surface area contributed by atoms with Gasteiger partial charge in [0.15, 0.2) is 0 Å². The highest BCUT2D eigenvalue weighted by Gasteiger charge is 2.13. The fraction of sp³-hybridized carbons (Fsp3) is 0.917. The average molecular weight is 230 g/mol. The van der Waals surface area contributed by atoms with Crippen molar-refractivity contribution in [3.63, 3.8) is 0 Å². The Bertz CT molecular complexity index is 184. The summed E-state index contributed by atoms with van der Waals surface area (Å²) in [5.41, 5.74) is 5.47. The van der Waals surface area contributed by atoms with Gasteiger partial charge in [-0.3, -0.25) is 4.79 Å². The largest absolute Gasteiger partial charge is 0.381 e. The van der Waals surface area contributed by atoms with Crippen molar-refractivity contribution < 1.29 is 9.53 Å². The van der Waals surface area contributed by atoms with Crippen molar-refractivity contribution in [3.05, 3.63) is 0 Å². The maximum Gasteiger partial charge on any atom is 0.224 e. The molecule has 0 aromatic rings. The van der Waals surface area contributed by atoms with Crippen LogP contribution < -0.4 is 5.73 Å². The Balaban J connectivity index is 3.99. The third kappa shape index (κ3) is 7.65. The molecule has 0 aliphatic rings. The molecule has 16 heavy (non-hydrogen) atoms. The first-order valence-corrected chi connectivity index (χ1v) is 6.17. The number of nitrogens with two attached hydrogens (primary N) is 1. The topological polar surface area (TPSA) is 55.6 Å². The first kappa shape index (κ1) is 15.4. The van der Waals surface area contributed by atoms with E-state index < -0.39 is 0 Å². The van der Waals surface area contributed by atoms with Crippen LogP contribution in [0.5, 0.6) is 0 Å². The molecule has 0 bridgehead atoms. The van der Waals surface area contributed by atoms with Gasteiger partial charge in [-0.25, -0.2) is 0 Å². The van der Waals surface area contributed by atoms with Gasteiger partial charge in [-0.1, -0.05) is 13.8 Å². The second kappa shape index (κ2) is 9.60. The minimum Gasteiger partial charge on any atom is -0.381 e. The van der Waals surface area contributed by atoms with Crippen LogP contribution in [0.15, 0.2) is 0 Å². The monoisotopic (exact) mass is 230 g/mol. The molecule has 0 aliphatic carbocycles. The lowest BCUT2D eigenvalue weighted by atomic mass is 10.2. The number of rotatable bonds is 9. The molecule has 0 fully saturated rings. The number of nitrogens with zero attached hydrogens (tertiary/aromatic N) is 1. The number of amides is 1. The standard InChI is InChI=1S/C12H26N2O2/c1-4-16-9-6-12(15)14(8-5-7-13)10-11(2)3/h11H,4-10,13H2,1-3H3. The number of hydrogen-bond acceptors (Lipinski definition) is 3. The van der Waals surface area contributed by atoms with Crippen molar-refractivity contribution >= 4 is 5.91 Å². The molecule has 96 valence electrons. The van der Waals surface area contributed by atoms with E-state index in [9.17, 15) is 4.79 Å². The molecule has 0 aliphatic heterocycles. The summed E-state index contributed by atoms with van der Waals surface area (Å²) in [5.74, 6) is 0.671. The van der Waals surface area contributed by atoms with E-state index in [0.29, 0.717) is 32.1 Å².